The van der Waals surface area contributed by atoms with Crippen LogP contribution in [0.25, 0.3) is 0 Å². The van der Waals surface area contributed by atoms with Crippen LogP contribution >= 0.6 is 0 Å². The summed E-state index contributed by atoms with van der Waals surface area (Å²) in [7, 11) is 1.61. The van der Waals surface area contributed by atoms with E-state index >= 15 is 0 Å². The highest BCUT2D eigenvalue weighted by atomic mass is 16.7. The van der Waals surface area contributed by atoms with Gasteiger partial charge in [0, 0.05) is 12.7 Å². The number of nitrogens with zero attached hydrogens (tertiary/aromatic N) is 2. The SMILES string of the molecule is C.C=CC(CNC(=O)[C@@H]1Cc2ccccc2CCN1OC)=N/C=C\C.CC. The van der Waals surface area contributed by atoms with E-state index in [1.54, 1.807) is 24.4 Å². The Labute approximate surface area is 164 Å². The maximum atomic E-state index is 12.7. The number of amides is 1. The van der Waals surface area contributed by atoms with E-state index in [0.717, 1.165) is 12.1 Å². The molecule has 1 atom stereocenters. The number of nitrogens with one attached hydrogen (secondary N) is 1. The van der Waals surface area contributed by atoms with Crippen LogP contribution in [0.5, 0.6) is 0 Å². The van der Waals surface area contributed by atoms with Crippen LogP contribution in [-0.4, -0.2) is 42.9 Å². The van der Waals surface area contributed by atoms with Crippen LogP contribution in [0.4, 0.5) is 0 Å². The average Bonchev–Trinajstić information content (AvgIpc) is 2.88. The quantitative estimate of drug-likeness (QED) is 0.768. The summed E-state index contributed by atoms with van der Waals surface area (Å²) in [6, 6.07) is 7.88. The van der Waals surface area contributed by atoms with E-state index in [4.69, 9.17) is 4.84 Å². The molecule has 1 aromatic carbocycles. The Morgan fingerprint density at radius 1 is 1.37 bits per heavy atom. The summed E-state index contributed by atoms with van der Waals surface area (Å²) in [6.45, 7) is 10.7. The zero-order valence-corrected chi connectivity index (χ0v) is 16.4. The summed E-state index contributed by atoms with van der Waals surface area (Å²) in [5, 5.41) is 4.69. The molecule has 1 aliphatic heterocycles. The van der Waals surface area contributed by atoms with E-state index in [2.05, 4.69) is 29.0 Å². The van der Waals surface area contributed by atoms with Crippen molar-refractivity contribution in [3.8, 4) is 0 Å². The minimum absolute atomic E-state index is 0. The maximum absolute atomic E-state index is 12.7. The molecule has 27 heavy (non-hydrogen) atoms. The second kappa shape index (κ2) is 13.9. The van der Waals surface area contributed by atoms with Crippen molar-refractivity contribution in [2.75, 3.05) is 20.2 Å². The molecule has 150 valence electrons. The number of allylic oxidation sites excluding steroid dienone is 1. The fraction of sp³-hybridized carbons (Fsp3) is 0.455. The van der Waals surface area contributed by atoms with Crippen molar-refractivity contribution < 1.29 is 9.63 Å². The van der Waals surface area contributed by atoms with Crippen molar-refractivity contribution in [1.29, 1.82) is 0 Å². The highest BCUT2D eigenvalue weighted by Gasteiger charge is 2.29. The van der Waals surface area contributed by atoms with Gasteiger partial charge in [0.2, 0.25) is 5.91 Å². The number of carbonyl (C=O) groups excluding carboxylic acids is 1. The Morgan fingerprint density at radius 3 is 2.63 bits per heavy atom. The minimum Gasteiger partial charge on any atom is -0.349 e. The standard InChI is InChI=1S/C19H25N3O2.C2H6.CH4/c1-4-11-20-17(5-2)14-21-19(23)18-13-16-9-7-6-8-15(16)10-12-22(18)24-3;1-2;/h4-9,11,18H,2,10,12-14H2,1,3H3,(H,21,23);1-2H3;1H4/b11-4-,20-17?;;/t18-;;/m0../s1. The van der Waals surface area contributed by atoms with Gasteiger partial charge in [0.1, 0.15) is 6.04 Å². The Bertz CT molecular complexity index is 638. The molecule has 5 nitrogen and oxygen atoms in total. The molecule has 1 N–H and O–H groups in total. The summed E-state index contributed by atoms with van der Waals surface area (Å²) >= 11 is 0. The third-order valence-electron chi connectivity index (χ3n) is 4.09. The van der Waals surface area contributed by atoms with Crippen molar-refractivity contribution in [3.05, 3.63) is 60.3 Å². The largest absolute Gasteiger partial charge is 0.349 e. The lowest BCUT2D eigenvalue weighted by molar-refractivity contribution is -0.171. The van der Waals surface area contributed by atoms with Gasteiger partial charge in [-0.1, -0.05) is 58.2 Å². The predicted octanol–water partition coefficient (Wildman–Crippen LogP) is 3.96. The number of hydrogen-bond acceptors (Lipinski definition) is 4. The molecule has 0 aliphatic carbocycles. The Morgan fingerprint density at radius 2 is 2.04 bits per heavy atom. The number of hydrogen-bond donors (Lipinski definition) is 1. The normalized spacial score (nSPS) is 17.0. The lowest BCUT2D eigenvalue weighted by Crippen LogP contribution is -2.48. The van der Waals surface area contributed by atoms with Gasteiger partial charge in [0.25, 0.3) is 0 Å². The van der Waals surface area contributed by atoms with Crippen LogP contribution in [0.2, 0.25) is 0 Å². The van der Waals surface area contributed by atoms with Crippen molar-refractivity contribution in [2.45, 2.75) is 47.1 Å². The van der Waals surface area contributed by atoms with E-state index in [0.29, 0.717) is 19.5 Å². The number of carbonyl (C=O) groups is 1. The molecule has 0 bridgehead atoms. The molecule has 0 unspecified atom stereocenters. The maximum Gasteiger partial charge on any atom is 0.240 e. The van der Waals surface area contributed by atoms with E-state index in [1.165, 1.54) is 11.1 Å². The van der Waals surface area contributed by atoms with E-state index < -0.39 is 0 Å². The second-order valence-electron chi connectivity index (χ2n) is 5.59. The van der Waals surface area contributed by atoms with Gasteiger partial charge in [0.05, 0.1) is 19.4 Å². The second-order valence-corrected chi connectivity index (χ2v) is 5.59. The Balaban J connectivity index is 0.00000218. The van der Waals surface area contributed by atoms with Gasteiger partial charge in [-0.05, 0) is 37.0 Å². The van der Waals surface area contributed by atoms with Gasteiger partial charge in [-0.2, -0.15) is 5.06 Å². The van der Waals surface area contributed by atoms with Gasteiger partial charge in [-0.25, -0.2) is 0 Å². The first-order chi connectivity index (χ1) is 12.7. The van der Waals surface area contributed by atoms with Crippen LogP contribution in [0.15, 0.2) is 54.2 Å². The van der Waals surface area contributed by atoms with Crippen molar-refractivity contribution in [3.63, 3.8) is 0 Å². The first kappa shape index (κ1) is 24.8. The molecule has 0 spiro atoms. The number of aliphatic imine (C=N–C) groups is 1. The minimum atomic E-state index is -0.355. The molecule has 0 saturated heterocycles. The van der Waals surface area contributed by atoms with Crippen LogP contribution < -0.4 is 5.32 Å². The average molecular weight is 374 g/mol. The molecule has 1 amide bonds. The van der Waals surface area contributed by atoms with Crippen molar-refractivity contribution in [1.82, 2.24) is 10.4 Å². The van der Waals surface area contributed by atoms with Crippen molar-refractivity contribution >= 4 is 11.6 Å². The van der Waals surface area contributed by atoms with Crippen LogP contribution in [0.1, 0.15) is 39.3 Å². The van der Waals surface area contributed by atoms with Crippen LogP contribution in [0.3, 0.4) is 0 Å². The van der Waals surface area contributed by atoms with Gasteiger partial charge >= 0.3 is 0 Å². The summed E-state index contributed by atoms with van der Waals surface area (Å²) < 4.78 is 0. The van der Waals surface area contributed by atoms with Gasteiger partial charge in [-0.15, -0.1) is 0 Å². The zero-order chi connectivity index (χ0) is 19.4. The van der Waals surface area contributed by atoms with Crippen molar-refractivity contribution in [2.24, 2.45) is 4.99 Å². The lowest BCUT2D eigenvalue weighted by atomic mass is 10.0. The number of hydroxylamine groups is 2. The molecular formula is C22H35N3O2. The summed E-state index contributed by atoms with van der Waals surface area (Å²) in [5.74, 6) is -0.0661. The van der Waals surface area contributed by atoms with E-state index in [-0.39, 0.29) is 19.4 Å². The predicted molar refractivity (Wildman–Crippen MR) is 115 cm³/mol. The third kappa shape index (κ3) is 7.49. The fourth-order valence-corrected chi connectivity index (χ4v) is 2.78. The molecule has 1 aliphatic rings. The zero-order valence-electron chi connectivity index (χ0n) is 16.4. The van der Waals surface area contributed by atoms with Crippen LogP contribution in [0, 0.1) is 0 Å². The molecule has 0 radical (unpaired) electrons. The highest BCUT2D eigenvalue weighted by Crippen LogP contribution is 2.20. The lowest BCUT2D eigenvalue weighted by Gasteiger charge is -2.26. The Kier molecular flexibility index (Phi) is 12.7. The van der Waals surface area contributed by atoms with Gasteiger partial charge < -0.3 is 10.2 Å². The fourth-order valence-electron chi connectivity index (χ4n) is 2.78. The summed E-state index contributed by atoms with van der Waals surface area (Å²) in [5.41, 5.74) is 3.19. The number of benzene rings is 1. The monoisotopic (exact) mass is 373 g/mol. The third-order valence-corrected chi connectivity index (χ3v) is 4.09. The molecule has 2 rings (SSSR count). The highest BCUT2D eigenvalue weighted by molar-refractivity contribution is 5.99. The Hall–Kier alpha value is -2.24. The molecule has 0 fully saturated rings. The molecule has 0 aromatic heterocycles. The molecule has 5 heteroatoms. The van der Waals surface area contributed by atoms with E-state index in [1.807, 2.05) is 39.0 Å². The van der Waals surface area contributed by atoms with E-state index in [9.17, 15) is 4.79 Å². The van der Waals surface area contributed by atoms with Gasteiger partial charge in [0.15, 0.2) is 0 Å². The van der Waals surface area contributed by atoms with Gasteiger partial charge in [-0.3, -0.25) is 9.79 Å². The number of rotatable bonds is 6. The van der Waals surface area contributed by atoms with Crippen LogP contribution in [-0.2, 0) is 22.5 Å². The topological polar surface area (TPSA) is 53.9 Å². The molecule has 1 heterocycles. The first-order valence-corrected chi connectivity index (χ1v) is 9.15. The first-order valence-electron chi connectivity index (χ1n) is 9.15. The smallest absolute Gasteiger partial charge is 0.240 e. The molecule has 1 aromatic rings. The molecular weight excluding hydrogens is 338 g/mol. The molecule has 0 saturated carbocycles. The number of fused-ring (bicyclic) bond motifs is 1. The summed E-state index contributed by atoms with van der Waals surface area (Å²) in [6.07, 6.45) is 6.67. The summed E-state index contributed by atoms with van der Waals surface area (Å²) in [4.78, 5) is 22.4.